The number of rotatable bonds is 6. The molecular formula is C14H18BrF3O. The van der Waals surface area contributed by atoms with E-state index in [4.69, 9.17) is 0 Å². The van der Waals surface area contributed by atoms with E-state index in [0.717, 1.165) is 23.7 Å². The second-order valence-electron chi connectivity index (χ2n) is 5.05. The van der Waals surface area contributed by atoms with Gasteiger partial charge in [0.25, 0.3) is 0 Å². The van der Waals surface area contributed by atoms with Crippen molar-refractivity contribution in [3.05, 3.63) is 29.8 Å². The molecule has 0 aliphatic rings. The zero-order valence-electron chi connectivity index (χ0n) is 11.0. The van der Waals surface area contributed by atoms with E-state index in [9.17, 15) is 13.2 Å². The fourth-order valence-corrected chi connectivity index (χ4v) is 2.52. The molecular weight excluding hydrogens is 321 g/mol. The molecule has 1 rings (SSSR count). The highest BCUT2D eigenvalue weighted by Gasteiger charge is 2.30. The van der Waals surface area contributed by atoms with Crippen molar-refractivity contribution in [1.82, 2.24) is 0 Å². The lowest BCUT2D eigenvalue weighted by molar-refractivity contribution is -0.274. The Morgan fingerprint density at radius 3 is 2.16 bits per heavy atom. The topological polar surface area (TPSA) is 9.23 Å². The van der Waals surface area contributed by atoms with Gasteiger partial charge < -0.3 is 4.74 Å². The van der Waals surface area contributed by atoms with Crippen LogP contribution in [0.3, 0.4) is 0 Å². The summed E-state index contributed by atoms with van der Waals surface area (Å²) in [6.07, 6.45) is -2.68. The Kier molecular flexibility index (Phi) is 6.17. The van der Waals surface area contributed by atoms with Gasteiger partial charge in [0, 0.05) is 5.33 Å². The zero-order chi connectivity index (χ0) is 14.5. The highest BCUT2D eigenvalue weighted by Crippen LogP contribution is 2.24. The first-order valence-corrected chi connectivity index (χ1v) is 7.33. The Hall–Kier alpha value is -0.710. The van der Waals surface area contributed by atoms with Gasteiger partial charge in [0.1, 0.15) is 5.75 Å². The van der Waals surface area contributed by atoms with Gasteiger partial charge in [0.15, 0.2) is 0 Å². The molecule has 1 unspecified atom stereocenters. The maximum Gasteiger partial charge on any atom is 0.573 e. The molecule has 0 aliphatic carbocycles. The second-order valence-corrected chi connectivity index (χ2v) is 5.69. The summed E-state index contributed by atoms with van der Waals surface area (Å²) < 4.78 is 39.9. The minimum Gasteiger partial charge on any atom is -0.406 e. The average molecular weight is 339 g/mol. The molecule has 0 saturated carbocycles. The van der Waals surface area contributed by atoms with Crippen LogP contribution in [0.15, 0.2) is 24.3 Å². The maximum absolute atomic E-state index is 12.0. The molecule has 1 aromatic rings. The molecule has 0 N–H and O–H groups in total. The van der Waals surface area contributed by atoms with E-state index in [1.54, 1.807) is 12.1 Å². The summed E-state index contributed by atoms with van der Waals surface area (Å²) in [6.45, 7) is 4.33. The standard InChI is InChI=1S/C14H18BrF3O/c1-10(2)7-12(9-15)8-11-3-5-13(6-4-11)19-14(16,17)18/h3-6,10,12H,7-9H2,1-2H3. The van der Waals surface area contributed by atoms with Crippen LogP contribution in [-0.4, -0.2) is 11.7 Å². The van der Waals surface area contributed by atoms with Gasteiger partial charge in [-0.05, 0) is 42.4 Å². The van der Waals surface area contributed by atoms with Crippen LogP contribution in [0.2, 0.25) is 0 Å². The summed E-state index contributed by atoms with van der Waals surface area (Å²) in [7, 11) is 0. The number of hydrogen-bond acceptors (Lipinski definition) is 1. The van der Waals surface area contributed by atoms with Crippen molar-refractivity contribution in [2.24, 2.45) is 11.8 Å². The van der Waals surface area contributed by atoms with Crippen molar-refractivity contribution in [3.63, 3.8) is 0 Å². The zero-order valence-corrected chi connectivity index (χ0v) is 12.6. The highest BCUT2D eigenvalue weighted by molar-refractivity contribution is 9.09. The van der Waals surface area contributed by atoms with E-state index in [1.165, 1.54) is 12.1 Å². The fraction of sp³-hybridized carbons (Fsp3) is 0.571. The van der Waals surface area contributed by atoms with E-state index in [1.807, 2.05) is 0 Å². The van der Waals surface area contributed by atoms with Crippen LogP contribution in [0.4, 0.5) is 13.2 Å². The van der Waals surface area contributed by atoms with Crippen molar-refractivity contribution in [1.29, 1.82) is 0 Å². The van der Waals surface area contributed by atoms with Gasteiger partial charge in [-0.25, -0.2) is 0 Å². The van der Waals surface area contributed by atoms with Gasteiger partial charge in [0.05, 0.1) is 0 Å². The van der Waals surface area contributed by atoms with E-state index in [0.29, 0.717) is 11.8 Å². The lowest BCUT2D eigenvalue weighted by Gasteiger charge is -2.16. The Morgan fingerprint density at radius 2 is 1.74 bits per heavy atom. The van der Waals surface area contributed by atoms with E-state index in [2.05, 4.69) is 34.5 Å². The first-order chi connectivity index (χ1) is 8.80. The molecule has 0 fully saturated rings. The van der Waals surface area contributed by atoms with Gasteiger partial charge in [-0.3, -0.25) is 0 Å². The van der Waals surface area contributed by atoms with Crippen LogP contribution in [-0.2, 0) is 6.42 Å². The summed E-state index contributed by atoms with van der Waals surface area (Å²) in [5.41, 5.74) is 1.03. The predicted octanol–water partition coefficient (Wildman–Crippen LogP) is 5.18. The van der Waals surface area contributed by atoms with Crippen molar-refractivity contribution in [2.75, 3.05) is 5.33 Å². The van der Waals surface area contributed by atoms with Crippen LogP contribution >= 0.6 is 15.9 Å². The number of alkyl halides is 4. The quantitative estimate of drug-likeness (QED) is 0.649. The average Bonchev–Trinajstić information content (AvgIpc) is 2.28. The number of halogens is 4. The summed E-state index contributed by atoms with van der Waals surface area (Å²) in [5, 5.41) is 0.895. The summed E-state index contributed by atoms with van der Waals surface area (Å²) in [6, 6.07) is 6.11. The molecule has 0 radical (unpaired) electrons. The highest BCUT2D eigenvalue weighted by atomic mass is 79.9. The molecule has 1 nitrogen and oxygen atoms in total. The second kappa shape index (κ2) is 7.17. The van der Waals surface area contributed by atoms with E-state index >= 15 is 0 Å². The van der Waals surface area contributed by atoms with Gasteiger partial charge >= 0.3 is 6.36 Å². The van der Waals surface area contributed by atoms with Crippen LogP contribution in [0.5, 0.6) is 5.75 Å². The third-order valence-electron chi connectivity index (χ3n) is 2.70. The molecule has 0 aliphatic heterocycles. The Morgan fingerprint density at radius 1 is 1.16 bits per heavy atom. The smallest absolute Gasteiger partial charge is 0.406 e. The largest absolute Gasteiger partial charge is 0.573 e. The van der Waals surface area contributed by atoms with Crippen molar-refractivity contribution in [2.45, 2.75) is 33.1 Å². The first-order valence-electron chi connectivity index (χ1n) is 6.21. The molecule has 5 heteroatoms. The summed E-state index contributed by atoms with van der Waals surface area (Å²) >= 11 is 3.48. The third kappa shape index (κ3) is 6.85. The molecule has 0 bridgehead atoms. The number of ether oxygens (including phenoxy) is 1. The van der Waals surface area contributed by atoms with Crippen molar-refractivity contribution in [3.8, 4) is 5.75 Å². The fourth-order valence-electron chi connectivity index (χ4n) is 2.03. The molecule has 19 heavy (non-hydrogen) atoms. The van der Waals surface area contributed by atoms with Gasteiger partial charge in [-0.2, -0.15) is 0 Å². The van der Waals surface area contributed by atoms with Gasteiger partial charge in [-0.15, -0.1) is 13.2 Å². The molecule has 0 heterocycles. The molecule has 0 spiro atoms. The Labute approximate surface area is 120 Å². The van der Waals surface area contributed by atoms with Crippen LogP contribution < -0.4 is 4.74 Å². The number of hydrogen-bond donors (Lipinski definition) is 0. The molecule has 0 aromatic heterocycles. The monoisotopic (exact) mass is 338 g/mol. The van der Waals surface area contributed by atoms with Crippen LogP contribution in [0, 0.1) is 11.8 Å². The van der Waals surface area contributed by atoms with E-state index in [-0.39, 0.29) is 5.75 Å². The SMILES string of the molecule is CC(C)CC(CBr)Cc1ccc(OC(F)(F)F)cc1. The molecule has 1 aromatic carbocycles. The minimum absolute atomic E-state index is 0.171. The molecule has 1 atom stereocenters. The maximum atomic E-state index is 12.0. The normalized spacial score (nSPS) is 13.6. The van der Waals surface area contributed by atoms with Crippen LogP contribution in [0.1, 0.15) is 25.8 Å². The lowest BCUT2D eigenvalue weighted by atomic mass is 9.92. The third-order valence-corrected chi connectivity index (χ3v) is 3.62. The Balaban J connectivity index is 2.60. The summed E-state index contributed by atoms with van der Waals surface area (Å²) in [5.74, 6) is 0.931. The first kappa shape index (κ1) is 16.3. The Bertz CT molecular complexity index is 373. The molecule has 0 amide bonds. The lowest BCUT2D eigenvalue weighted by Crippen LogP contribution is -2.17. The number of benzene rings is 1. The van der Waals surface area contributed by atoms with Crippen molar-refractivity contribution >= 4 is 15.9 Å². The van der Waals surface area contributed by atoms with Crippen LogP contribution in [0.25, 0.3) is 0 Å². The minimum atomic E-state index is -4.63. The molecule has 108 valence electrons. The van der Waals surface area contributed by atoms with Gasteiger partial charge in [0.2, 0.25) is 0 Å². The van der Waals surface area contributed by atoms with Gasteiger partial charge in [-0.1, -0.05) is 41.9 Å². The van der Waals surface area contributed by atoms with E-state index < -0.39 is 6.36 Å². The molecule has 0 saturated heterocycles. The predicted molar refractivity (Wildman–Crippen MR) is 73.6 cm³/mol. The summed E-state index contributed by atoms with van der Waals surface area (Å²) in [4.78, 5) is 0. The van der Waals surface area contributed by atoms with Crippen molar-refractivity contribution < 1.29 is 17.9 Å².